The number of carbonyl (C=O) groups excluding carboxylic acids is 1. The second-order valence-electron chi connectivity index (χ2n) is 6.59. The molecule has 4 rings (SSSR count). The Balaban J connectivity index is 1.60. The van der Waals surface area contributed by atoms with Gasteiger partial charge in [0.25, 0.3) is 5.56 Å². The van der Waals surface area contributed by atoms with E-state index in [0.717, 1.165) is 36.9 Å². The summed E-state index contributed by atoms with van der Waals surface area (Å²) < 4.78 is 1.28. The van der Waals surface area contributed by atoms with E-state index in [2.05, 4.69) is 15.3 Å². The lowest BCUT2D eigenvalue weighted by Gasteiger charge is -2.15. The molecule has 7 nitrogen and oxygen atoms in total. The van der Waals surface area contributed by atoms with Gasteiger partial charge in [-0.3, -0.25) is 14.2 Å². The number of pyridine rings is 1. The molecule has 0 fully saturated rings. The Kier molecular flexibility index (Phi) is 4.38. The number of fused-ring (bicyclic) bond motifs is 2. The summed E-state index contributed by atoms with van der Waals surface area (Å²) in [6.07, 6.45) is 5.40. The van der Waals surface area contributed by atoms with Crippen LogP contribution in [0.1, 0.15) is 29.7 Å². The summed E-state index contributed by atoms with van der Waals surface area (Å²) in [5, 5.41) is 12.1. The third kappa shape index (κ3) is 3.42. The van der Waals surface area contributed by atoms with Crippen LogP contribution in [0.25, 0.3) is 11.0 Å². The number of nitrogens with one attached hydrogen (secondary N) is 1. The van der Waals surface area contributed by atoms with E-state index >= 15 is 0 Å². The summed E-state index contributed by atoms with van der Waals surface area (Å²) >= 11 is 0. The van der Waals surface area contributed by atoms with E-state index in [1.807, 2.05) is 12.1 Å². The molecule has 2 heterocycles. The van der Waals surface area contributed by atoms with Crippen molar-refractivity contribution in [1.82, 2.24) is 14.5 Å². The van der Waals surface area contributed by atoms with Crippen LogP contribution in [0.3, 0.4) is 0 Å². The van der Waals surface area contributed by atoms with Gasteiger partial charge in [0.15, 0.2) is 5.65 Å². The molecular weight excluding hydrogens is 342 g/mol. The van der Waals surface area contributed by atoms with E-state index in [0.29, 0.717) is 22.3 Å². The van der Waals surface area contributed by atoms with Crippen molar-refractivity contribution in [2.24, 2.45) is 0 Å². The summed E-state index contributed by atoms with van der Waals surface area (Å²) in [5.74, 6) is -0.362. The molecule has 0 aliphatic heterocycles. The van der Waals surface area contributed by atoms with Gasteiger partial charge in [0.1, 0.15) is 12.9 Å². The van der Waals surface area contributed by atoms with Crippen LogP contribution < -0.4 is 10.9 Å². The minimum absolute atomic E-state index is 0.157. The van der Waals surface area contributed by atoms with E-state index in [9.17, 15) is 9.59 Å². The van der Waals surface area contributed by atoms with Gasteiger partial charge in [-0.05, 0) is 55.5 Å². The number of anilines is 1. The zero-order chi connectivity index (χ0) is 18.8. The Morgan fingerprint density at radius 3 is 2.96 bits per heavy atom. The van der Waals surface area contributed by atoms with E-state index in [1.54, 1.807) is 24.3 Å². The molecule has 0 unspecified atom stereocenters. The summed E-state index contributed by atoms with van der Waals surface area (Å²) in [7, 11) is 0. The molecule has 0 atom stereocenters. The third-order valence-corrected chi connectivity index (χ3v) is 4.68. The quantitative estimate of drug-likeness (QED) is 0.772. The Hall–Kier alpha value is -3.53. The number of hydrogen-bond donors (Lipinski definition) is 1. The third-order valence-electron chi connectivity index (χ3n) is 4.68. The van der Waals surface area contributed by atoms with E-state index < -0.39 is 0 Å². The Labute approximate surface area is 155 Å². The lowest BCUT2D eigenvalue weighted by atomic mass is 9.95. The van der Waals surface area contributed by atoms with Crippen molar-refractivity contribution >= 4 is 22.6 Å². The fraction of sp³-hybridized carbons (Fsp3) is 0.250. The van der Waals surface area contributed by atoms with Gasteiger partial charge in [-0.15, -0.1) is 0 Å². The van der Waals surface area contributed by atoms with E-state index in [4.69, 9.17) is 5.26 Å². The van der Waals surface area contributed by atoms with E-state index in [1.165, 1.54) is 10.9 Å². The Bertz CT molecular complexity index is 1140. The molecule has 0 radical (unpaired) electrons. The number of nitriles is 1. The maximum absolute atomic E-state index is 12.8. The van der Waals surface area contributed by atoms with Gasteiger partial charge < -0.3 is 5.32 Å². The zero-order valence-corrected chi connectivity index (χ0v) is 14.6. The van der Waals surface area contributed by atoms with Crippen LogP contribution in [-0.2, 0) is 24.2 Å². The molecule has 7 heteroatoms. The fourth-order valence-corrected chi connectivity index (χ4v) is 3.34. The van der Waals surface area contributed by atoms with Crippen LogP contribution in [0.5, 0.6) is 0 Å². The number of rotatable bonds is 3. The van der Waals surface area contributed by atoms with Gasteiger partial charge in [-0.25, -0.2) is 9.97 Å². The number of nitrogens with zero attached hydrogens (tertiary/aromatic N) is 4. The number of carbonyl (C=O) groups is 1. The first-order valence-corrected chi connectivity index (χ1v) is 8.82. The number of hydrogen-bond acceptors (Lipinski definition) is 5. The highest BCUT2D eigenvalue weighted by Gasteiger charge is 2.15. The first-order valence-electron chi connectivity index (χ1n) is 8.82. The summed E-state index contributed by atoms with van der Waals surface area (Å²) in [5.41, 5.74) is 3.24. The molecule has 3 aromatic rings. The molecule has 1 aliphatic rings. The molecule has 0 saturated carbocycles. The Morgan fingerprint density at radius 1 is 1.26 bits per heavy atom. The van der Waals surface area contributed by atoms with Crippen molar-refractivity contribution in [3.63, 3.8) is 0 Å². The molecule has 134 valence electrons. The van der Waals surface area contributed by atoms with Gasteiger partial charge in [0.2, 0.25) is 5.91 Å². The highest BCUT2D eigenvalue weighted by molar-refractivity contribution is 5.90. The number of aromatic nitrogens is 3. The van der Waals surface area contributed by atoms with Crippen LogP contribution in [0, 0.1) is 11.3 Å². The smallest absolute Gasteiger partial charge is 0.263 e. The zero-order valence-electron chi connectivity index (χ0n) is 14.6. The SMILES string of the molecule is N#Cc1cccc(NC(=O)Cn2cnc3nc4c(cc3c2=O)CCCC4)c1. The average Bonchev–Trinajstić information content (AvgIpc) is 2.69. The molecular formula is C20H17N5O2. The minimum Gasteiger partial charge on any atom is -0.324 e. The predicted octanol–water partition coefficient (Wildman–Crippen LogP) is 2.18. The largest absolute Gasteiger partial charge is 0.324 e. The van der Waals surface area contributed by atoms with Crippen LogP contribution in [0.15, 0.2) is 41.5 Å². The molecule has 0 spiro atoms. The topological polar surface area (TPSA) is 101 Å². The second-order valence-corrected chi connectivity index (χ2v) is 6.59. The van der Waals surface area contributed by atoms with Crippen molar-refractivity contribution in [2.45, 2.75) is 32.2 Å². The van der Waals surface area contributed by atoms with Gasteiger partial charge >= 0.3 is 0 Å². The Morgan fingerprint density at radius 2 is 2.11 bits per heavy atom. The highest BCUT2D eigenvalue weighted by atomic mass is 16.2. The number of amides is 1. The normalized spacial score (nSPS) is 13.0. The van der Waals surface area contributed by atoms with Crippen molar-refractivity contribution in [3.05, 3.63) is 63.8 Å². The monoisotopic (exact) mass is 359 g/mol. The van der Waals surface area contributed by atoms with Crippen molar-refractivity contribution in [3.8, 4) is 6.07 Å². The molecule has 1 aliphatic carbocycles. The lowest BCUT2D eigenvalue weighted by molar-refractivity contribution is -0.116. The van der Waals surface area contributed by atoms with Crippen molar-refractivity contribution < 1.29 is 4.79 Å². The van der Waals surface area contributed by atoms with Gasteiger partial charge in [-0.2, -0.15) is 5.26 Å². The standard InChI is InChI=1S/C20H17N5O2/c21-10-13-4-3-6-15(8-13)23-18(26)11-25-12-22-19-16(20(25)27)9-14-5-1-2-7-17(14)24-19/h3-4,6,8-9,12H,1-2,5,7,11H2,(H,23,26). The molecule has 1 aromatic carbocycles. The first kappa shape index (κ1) is 16.9. The number of aryl methyl sites for hydroxylation is 2. The van der Waals surface area contributed by atoms with Crippen LogP contribution in [-0.4, -0.2) is 20.4 Å². The average molecular weight is 359 g/mol. The maximum Gasteiger partial charge on any atom is 0.263 e. The maximum atomic E-state index is 12.8. The molecule has 2 aromatic heterocycles. The first-order chi connectivity index (χ1) is 13.1. The van der Waals surface area contributed by atoms with E-state index in [-0.39, 0.29) is 18.0 Å². The highest BCUT2D eigenvalue weighted by Crippen LogP contribution is 2.21. The van der Waals surface area contributed by atoms with Crippen molar-refractivity contribution in [1.29, 1.82) is 5.26 Å². The molecule has 1 N–H and O–H groups in total. The number of benzene rings is 1. The fourth-order valence-electron chi connectivity index (χ4n) is 3.34. The van der Waals surface area contributed by atoms with Gasteiger partial charge in [-0.1, -0.05) is 6.07 Å². The lowest BCUT2D eigenvalue weighted by Crippen LogP contribution is -2.28. The van der Waals surface area contributed by atoms with Crippen molar-refractivity contribution in [2.75, 3.05) is 5.32 Å². The summed E-state index contributed by atoms with van der Waals surface area (Å²) in [6.45, 7) is -0.157. The molecule has 27 heavy (non-hydrogen) atoms. The summed E-state index contributed by atoms with van der Waals surface area (Å²) in [6, 6.07) is 10.5. The molecule has 1 amide bonds. The van der Waals surface area contributed by atoms with Crippen LogP contribution in [0.4, 0.5) is 5.69 Å². The molecule has 0 saturated heterocycles. The van der Waals surface area contributed by atoms with Gasteiger partial charge in [0, 0.05) is 11.4 Å². The van der Waals surface area contributed by atoms with Gasteiger partial charge in [0.05, 0.1) is 17.0 Å². The summed E-state index contributed by atoms with van der Waals surface area (Å²) in [4.78, 5) is 33.9. The van der Waals surface area contributed by atoms with Crippen LogP contribution in [0.2, 0.25) is 0 Å². The van der Waals surface area contributed by atoms with Crippen LogP contribution >= 0.6 is 0 Å². The molecule has 0 bridgehead atoms. The minimum atomic E-state index is -0.362. The predicted molar refractivity (Wildman–Crippen MR) is 100 cm³/mol. The second kappa shape index (κ2) is 7.00.